The molecule has 1 aromatic heterocycles. The first-order valence-electron chi connectivity index (χ1n) is 5.59. The predicted molar refractivity (Wildman–Crippen MR) is 72.1 cm³/mol. The maximum absolute atomic E-state index is 11.1. The fourth-order valence-corrected chi connectivity index (χ4v) is 2.54. The Balaban J connectivity index is 2.32. The molecule has 0 fully saturated rings. The van der Waals surface area contributed by atoms with Gasteiger partial charge in [-0.3, -0.25) is 10.1 Å². The third-order valence-electron chi connectivity index (χ3n) is 2.60. The third kappa shape index (κ3) is 3.10. The zero-order valence-corrected chi connectivity index (χ0v) is 11.1. The number of aryl methyl sites for hydroxylation is 1. The largest absolute Gasteiger partial charge is 0.392 e. The van der Waals surface area contributed by atoms with Crippen molar-refractivity contribution < 1.29 is 10.0 Å². The van der Waals surface area contributed by atoms with Crippen LogP contribution in [0, 0.1) is 17.0 Å². The SMILES string of the molecule is Cc1ccnc(Sc2ccc(CO)cc2)c1[N+](=O)[O-]. The summed E-state index contributed by atoms with van der Waals surface area (Å²) < 4.78 is 0. The first-order valence-corrected chi connectivity index (χ1v) is 6.41. The molecule has 98 valence electrons. The van der Waals surface area contributed by atoms with Crippen LogP contribution in [0.4, 0.5) is 5.69 Å². The number of nitrogens with zero attached hydrogens (tertiary/aromatic N) is 2. The molecule has 0 saturated carbocycles. The van der Waals surface area contributed by atoms with E-state index in [4.69, 9.17) is 5.11 Å². The quantitative estimate of drug-likeness (QED) is 0.686. The lowest BCUT2D eigenvalue weighted by atomic mass is 10.2. The molecule has 1 aromatic carbocycles. The second-order valence-electron chi connectivity index (χ2n) is 3.94. The van der Waals surface area contributed by atoms with Crippen LogP contribution in [0.25, 0.3) is 0 Å². The zero-order chi connectivity index (χ0) is 13.8. The molecule has 0 bridgehead atoms. The number of benzene rings is 1. The fourth-order valence-electron chi connectivity index (χ4n) is 1.60. The molecule has 19 heavy (non-hydrogen) atoms. The highest BCUT2D eigenvalue weighted by Gasteiger charge is 2.19. The Hall–Kier alpha value is -1.92. The van der Waals surface area contributed by atoms with Crippen LogP contribution >= 0.6 is 11.8 Å². The molecule has 5 nitrogen and oxygen atoms in total. The van der Waals surface area contributed by atoms with E-state index in [1.54, 1.807) is 31.3 Å². The Kier molecular flexibility index (Phi) is 4.13. The summed E-state index contributed by atoms with van der Waals surface area (Å²) in [5.41, 5.74) is 1.43. The summed E-state index contributed by atoms with van der Waals surface area (Å²) >= 11 is 1.24. The van der Waals surface area contributed by atoms with Crippen molar-refractivity contribution in [3.8, 4) is 0 Å². The van der Waals surface area contributed by atoms with Crippen LogP contribution in [0.2, 0.25) is 0 Å². The smallest absolute Gasteiger partial charge is 0.304 e. The first kappa shape index (κ1) is 13.5. The molecule has 1 heterocycles. The normalized spacial score (nSPS) is 10.4. The molecular weight excluding hydrogens is 264 g/mol. The van der Waals surface area contributed by atoms with Crippen molar-refractivity contribution in [3.05, 3.63) is 57.8 Å². The van der Waals surface area contributed by atoms with Gasteiger partial charge >= 0.3 is 5.69 Å². The minimum atomic E-state index is -0.410. The highest BCUT2D eigenvalue weighted by atomic mass is 32.2. The van der Waals surface area contributed by atoms with Crippen molar-refractivity contribution in [3.63, 3.8) is 0 Å². The molecule has 2 rings (SSSR count). The van der Waals surface area contributed by atoms with Crippen molar-refractivity contribution in [1.29, 1.82) is 0 Å². The number of rotatable bonds is 4. The van der Waals surface area contributed by atoms with E-state index in [0.29, 0.717) is 10.6 Å². The van der Waals surface area contributed by atoms with Crippen molar-refractivity contribution in [2.24, 2.45) is 0 Å². The van der Waals surface area contributed by atoms with Crippen molar-refractivity contribution in [2.75, 3.05) is 0 Å². The van der Waals surface area contributed by atoms with E-state index < -0.39 is 4.92 Å². The minimum Gasteiger partial charge on any atom is -0.392 e. The fraction of sp³-hybridized carbons (Fsp3) is 0.154. The van der Waals surface area contributed by atoms with Crippen LogP contribution in [0.1, 0.15) is 11.1 Å². The standard InChI is InChI=1S/C13H12N2O3S/c1-9-6-7-14-13(12(9)15(17)18)19-11-4-2-10(8-16)3-5-11/h2-7,16H,8H2,1H3. The van der Waals surface area contributed by atoms with Gasteiger partial charge in [-0.15, -0.1) is 0 Å². The van der Waals surface area contributed by atoms with Gasteiger partial charge in [0, 0.05) is 16.7 Å². The number of aliphatic hydroxyl groups excluding tert-OH is 1. The Morgan fingerprint density at radius 2 is 2.00 bits per heavy atom. The molecule has 6 heteroatoms. The van der Waals surface area contributed by atoms with E-state index in [2.05, 4.69) is 4.98 Å². The Bertz CT molecular complexity index is 599. The van der Waals surface area contributed by atoms with Crippen LogP contribution in [0.5, 0.6) is 0 Å². The van der Waals surface area contributed by atoms with Gasteiger partial charge in [-0.05, 0) is 30.7 Å². The summed E-state index contributed by atoms with van der Waals surface area (Å²) in [7, 11) is 0. The maximum Gasteiger partial charge on any atom is 0.304 e. The maximum atomic E-state index is 11.1. The van der Waals surface area contributed by atoms with E-state index in [-0.39, 0.29) is 12.3 Å². The number of hydrogen-bond donors (Lipinski definition) is 1. The van der Waals surface area contributed by atoms with E-state index in [9.17, 15) is 10.1 Å². The molecule has 0 saturated heterocycles. The molecule has 0 atom stereocenters. The number of aromatic nitrogens is 1. The molecule has 0 aliphatic heterocycles. The summed E-state index contributed by atoms with van der Waals surface area (Å²) in [6, 6.07) is 8.80. The number of nitro groups is 1. The third-order valence-corrected chi connectivity index (χ3v) is 3.60. The molecule has 0 spiro atoms. The van der Waals surface area contributed by atoms with Crippen molar-refractivity contribution in [1.82, 2.24) is 4.98 Å². The van der Waals surface area contributed by atoms with Gasteiger partial charge in [0.2, 0.25) is 0 Å². The molecule has 0 amide bonds. The molecule has 0 radical (unpaired) electrons. The first-order chi connectivity index (χ1) is 9.11. The van der Waals surface area contributed by atoms with Gasteiger partial charge in [0.1, 0.15) is 0 Å². The summed E-state index contributed by atoms with van der Waals surface area (Å²) in [5, 5.41) is 20.4. The van der Waals surface area contributed by atoms with E-state index in [0.717, 1.165) is 10.5 Å². The van der Waals surface area contributed by atoms with Crippen LogP contribution in [0.15, 0.2) is 46.5 Å². The van der Waals surface area contributed by atoms with Crippen LogP contribution < -0.4 is 0 Å². The predicted octanol–water partition coefficient (Wildman–Crippen LogP) is 2.94. The topological polar surface area (TPSA) is 76.3 Å². The van der Waals surface area contributed by atoms with Crippen molar-refractivity contribution >= 4 is 17.4 Å². The van der Waals surface area contributed by atoms with Gasteiger partial charge in [0.25, 0.3) is 0 Å². The lowest BCUT2D eigenvalue weighted by molar-refractivity contribution is -0.388. The van der Waals surface area contributed by atoms with Gasteiger partial charge in [0.15, 0.2) is 5.03 Å². The summed E-state index contributed by atoms with van der Waals surface area (Å²) in [6.45, 7) is 1.67. The van der Waals surface area contributed by atoms with Gasteiger partial charge < -0.3 is 5.11 Å². The number of hydrogen-bond acceptors (Lipinski definition) is 5. The molecule has 0 unspecified atom stereocenters. The van der Waals surface area contributed by atoms with E-state index in [1.807, 2.05) is 12.1 Å². The van der Waals surface area contributed by atoms with Crippen LogP contribution in [-0.4, -0.2) is 15.0 Å². The zero-order valence-electron chi connectivity index (χ0n) is 10.2. The Morgan fingerprint density at radius 1 is 1.32 bits per heavy atom. The average Bonchev–Trinajstić information content (AvgIpc) is 2.39. The molecule has 1 N–H and O–H groups in total. The number of aliphatic hydroxyl groups is 1. The highest BCUT2D eigenvalue weighted by molar-refractivity contribution is 7.99. The van der Waals surface area contributed by atoms with Crippen molar-refractivity contribution in [2.45, 2.75) is 23.5 Å². The summed E-state index contributed by atoms with van der Waals surface area (Å²) in [4.78, 5) is 15.6. The monoisotopic (exact) mass is 276 g/mol. The van der Waals surface area contributed by atoms with Crippen LogP contribution in [-0.2, 0) is 6.61 Å². The molecule has 2 aromatic rings. The molecular formula is C13H12N2O3S. The molecule has 0 aliphatic carbocycles. The van der Waals surface area contributed by atoms with Gasteiger partial charge in [0.05, 0.1) is 11.5 Å². The average molecular weight is 276 g/mol. The second-order valence-corrected chi connectivity index (χ2v) is 5.01. The summed E-state index contributed by atoms with van der Waals surface area (Å²) in [5.74, 6) is 0. The Labute approximate surface area is 114 Å². The van der Waals surface area contributed by atoms with Gasteiger partial charge in [-0.2, -0.15) is 0 Å². The summed E-state index contributed by atoms with van der Waals surface area (Å²) in [6.07, 6.45) is 1.56. The molecule has 0 aliphatic rings. The second kappa shape index (κ2) is 5.81. The van der Waals surface area contributed by atoms with Crippen LogP contribution in [0.3, 0.4) is 0 Å². The lowest BCUT2D eigenvalue weighted by Gasteiger charge is -2.04. The minimum absolute atomic E-state index is 0.0201. The Morgan fingerprint density at radius 3 is 2.58 bits per heavy atom. The van der Waals surface area contributed by atoms with E-state index in [1.165, 1.54) is 11.8 Å². The number of pyridine rings is 1. The highest BCUT2D eigenvalue weighted by Crippen LogP contribution is 2.34. The van der Waals surface area contributed by atoms with E-state index >= 15 is 0 Å². The van der Waals surface area contributed by atoms with Gasteiger partial charge in [-0.25, -0.2) is 4.98 Å². The van der Waals surface area contributed by atoms with Gasteiger partial charge in [-0.1, -0.05) is 23.9 Å². The lowest BCUT2D eigenvalue weighted by Crippen LogP contribution is -1.96.